The Morgan fingerprint density at radius 2 is 1.86 bits per heavy atom. The van der Waals surface area contributed by atoms with Crippen LogP contribution in [0.4, 0.5) is 6.01 Å². The van der Waals surface area contributed by atoms with Gasteiger partial charge in [-0.05, 0) is 0 Å². The van der Waals surface area contributed by atoms with Gasteiger partial charge in [-0.25, -0.2) is 8.42 Å². The quantitative estimate of drug-likeness (QED) is 0.587. The molecule has 1 aliphatic heterocycles. The minimum Gasteiger partial charge on any atom is -0.408 e. The summed E-state index contributed by atoms with van der Waals surface area (Å²) in [5.41, 5.74) is 0. The first kappa shape index (κ1) is 17.1. The lowest BCUT2D eigenvalue weighted by atomic mass is 10.4. The van der Waals surface area contributed by atoms with Crippen LogP contribution in [0.15, 0.2) is 4.42 Å². The molecular formula is C12H22N4O5S. The van der Waals surface area contributed by atoms with E-state index >= 15 is 0 Å². The molecule has 0 spiro atoms. The van der Waals surface area contributed by atoms with Crippen LogP contribution in [-0.4, -0.2) is 81.8 Å². The van der Waals surface area contributed by atoms with E-state index in [2.05, 4.69) is 10.2 Å². The molecule has 1 aromatic heterocycles. The van der Waals surface area contributed by atoms with E-state index in [4.69, 9.17) is 13.9 Å². The van der Waals surface area contributed by atoms with Crippen molar-refractivity contribution in [2.45, 2.75) is 6.92 Å². The van der Waals surface area contributed by atoms with Crippen LogP contribution in [0.3, 0.4) is 0 Å². The summed E-state index contributed by atoms with van der Waals surface area (Å²) in [7, 11) is -1.72. The molecule has 10 heteroatoms. The summed E-state index contributed by atoms with van der Waals surface area (Å²) in [6.07, 6.45) is 0. The average molecular weight is 334 g/mol. The van der Waals surface area contributed by atoms with Gasteiger partial charge in [-0.3, -0.25) is 0 Å². The standard InChI is InChI=1S/C12H22N4O5S/c1-11-13-14-12(21-11)15-3-5-16(6-4-15)22(17,18)10-9-20-8-7-19-2/h3-10H2,1-2H3. The van der Waals surface area contributed by atoms with Gasteiger partial charge in [0, 0.05) is 40.2 Å². The molecule has 1 fully saturated rings. The third kappa shape index (κ3) is 4.63. The Kier molecular flexibility index (Phi) is 6.12. The number of aryl methyl sites for hydroxylation is 1. The van der Waals surface area contributed by atoms with Crippen molar-refractivity contribution < 1.29 is 22.3 Å². The number of ether oxygens (including phenoxy) is 2. The highest BCUT2D eigenvalue weighted by Crippen LogP contribution is 2.16. The molecule has 0 atom stereocenters. The molecule has 9 nitrogen and oxygen atoms in total. The monoisotopic (exact) mass is 334 g/mol. The van der Waals surface area contributed by atoms with E-state index in [0.717, 1.165) is 0 Å². The van der Waals surface area contributed by atoms with Crippen molar-refractivity contribution in [2.75, 3.05) is 63.8 Å². The van der Waals surface area contributed by atoms with Crippen molar-refractivity contribution in [3.05, 3.63) is 5.89 Å². The van der Waals surface area contributed by atoms with Crippen LogP contribution < -0.4 is 4.90 Å². The maximum Gasteiger partial charge on any atom is 0.318 e. The van der Waals surface area contributed by atoms with Gasteiger partial charge in [0.05, 0.1) is 25.6 Å². The molecule has 0 radical (unpaired) electrons. The zero-order valence-electron chi connectivity index (χ0n) is 12.9. The fraction of sp³-hybridized carbons (Fsp3) is 0.833. The van der Waals surface area contributed by atoms with E-state index in [1.54, 1.807) is 14.0 Å². The SMILES string of the molecule is COCCOCCS(=O)(=O)N1CCN(c2nnc(C)o2)CC1. The van der Waals surface area contributed by atoms with Crippen molar-refractivity contribution in [3.63, 3.8) is 0 Å². The highest BCUT2D eigenvalue weighted by Gasteiger charge is 2.28. The van der Waals surface area contributed by atoms with Gasteiger partial charge in [0.25, 0.3) is 0 Å². The van der Waals surface area contributed by atoms with Gasteiger partial charge in [0.1, 0.15) is 0 Å². The molecule has 1 saturated heterocycles. The van der Waals surface area contributed by atoms with E-state index in [1.165, 1.54) is 4.31 Å². The van der Waals surface area contributed by atoms with Gasteiger partial charge in [-0.2, -0.15) is 4.31 Å². The summed E-state index contributed by atoms with van der Waals surface area (Å²) in [6, 6.07) is 0.442. The fourth-order valence-electron chi connectivity index (χ4n) is 2.11. The van der Waals surface area contributed by atoms with Crippen LogP contribution in [0.25, 0.3) is 0 Å². The second kappa shape index (κ2) is 7.86. The lowest BCUT2D eigenvalue weighted by Crippen LogP contribution is -2.49. The summed E-state index contributed by atoms with van der Waals surface area (Å²) < 4.78 is 41.3. The average Bonchev–Trinajstić information content (AvgIpc) is 2.94. The molecule has 0 unspecified atom stereocenters. The Morgan fingerprint density at radius 3 is 2.45 bits per heavy atom. The number of aromatic nitrogens is 2. The second-order valence-electron chi connectivity index (χ2n) is 4.91. The number of rotatable bonds is 8. The van der Waals surface area contributed by atoms with Gasteiger partial charge in [-0.15, -0.1) is 5.10 Å². The molecule has 0 N–H and O–H groups in total. The summed E-state index contributed by atoms with van der Waals surface area (Å²) >= 11 is 0. The molecule has 1 aliphatic rings. The van der Waals surface area contributed by atoms with Crippen molar-refractivity contribution in [1.29, 1.82) is 0 Å². The first-order valence-electron chi connectivity index (χ1n) is 7.12. The van der Waals surface area contributed by atoms with Crippen LogP contribution in [-0.2, 0) is 19.5 Å². The minimum atomic E-state index is -3.30. The molecular weight excluding hydrogens is 312 g/mol. The summed E-state index contributed by atoms with van der Waals surface area (Å²) in [4.78, 5) is 1.89. The van der Waals surface area contributed by atoms with Crippen molar-refractivity contribution in [1.82, 2.24) is 14.5 Å². The Morgan fingerprint density at radius 1 is 1.14 bits per heavy atom. The van der Waals surface area contributed by atoms with E-state index in [1.807, 2.05) is 4.90 Å². The first-order valence-corrected chi connectivity index (χ1v) is 8.73. The van der Waals surface area contributed by atoms with E-state index < -0.39 is 10.0 Å². The molecule has 0 amide bonds. The number of sulfonamides is 1. The van der Waals surface area contributed by atoms with E-state index in [0.29, 0.717) is 51.3 Å². The van der Waals surface area contributed by atoms with E-state index in [-0.39, 0.29) is 12.4 Å². The number of piperazine rings is 1. The summed E-state index contributed by atoms with van der Waals surface area (Å²) in [6.45, 7) is 4.63. The Balaban J connectivity index is 1.77. The highest BCUT2D eigenvalue weighted by molar-refractivity contribution is 7.89. The predicted octanol–water partition coefficient (Wildman–Crippen LogP) is -0.507. The molecule has 0 aliphatic carbocycles. The number of hydrogen-bond acceptors (Lipinski definition) is 8. The maximum atomic E-state index is 12.2. The predicted molar refractivity (Wildman–Crippen MR) is 79.3 cm³/mol. The normalized spacial score (nSPS) is 17.1. The number of hydrogen-bond donors (Lipinski definition) is 0. The first-order chi connectivity index (χ1) is 10.5. The van der Waals surface area contributed by atoms with Crippen LogP contribution in [0, 0.1) is 6.92 Å². The Bertz CT molecular complexity index is 554. The Labute approximate surface area is 130 Å². The van der Waals surface area contributed by atoms with Gasteiger partial charge in [-0.1, -0.05) is 5.10 Å². The highest BCUT2D eigenvalue weighted by atomic mass is 32.2. The van der Waals surface area contributed by atoms with Gasteiger partial charge in [0.2, 0.25) is 15.9 Å². The van der Waals surface area contributed by atoms with Crippen LogP contribution in [0.2, 0.25) is 0 Å². The summed E-state index contributed by atoms with van der Waals surface area (Å²) in [5, 5.41) is 7.72. The lowest BCUT2D eigenvalue weighted by molar-refractivity contribution is 0.0781. The molecule has 0 saturated carbocycles. The van der Waals surface area contributed by atoms with Crippen LogP contribution in [0.5, 0.6) is 0 Å². The van der Waals surface area contributed by atoms with Gasteiger partial charge in [0.15, 0.2) is 0 Å². The Hall–Kier alpha value is -1.23. The molecule has 1 aromatic rings. The molecule has 22 heavy (non-hydrogen) atoms. The molecule has 126 valence electrons. The maximum absolute atomic E-state index is 12.2. The third-order valence-electron chi connectivity index (χ3n) is 3.34. The zero-order valence-corrected chi connectivity index (χ0v) is 13.7. The van der Waals surface area contributed by atoms with Gasteiger partial charge >= 0.3 is 6.01 Å². The van der Waals surface area contributed by atoms with Crippen molar-refractivity contribution in [2.24, 2.45) is 0 Å². The molecule has 0 bridgehead atoms. The van der Waals surface area contributed by atoms with Gasteiger partial charge < -0.3 is 18.8 Å². The van der Waals surface area contributed by atoms with E-state index in [9.17, 15) is 8.42 Å². The lowest BCUT2D eigenvalue weighted by Gasteiger charge is -2.32. The van der Waals surface area contributed by atoms with Crippen LogP contribution in [0.1, 0.15) is 5.89 Å². The summed E-state index contributed by atoms with van der Waals surface area (Å²) in [5.74, 6) is 0.481. The molecule has 2 heterocycles. The third-order valence-corrected chi connectivity index (χ3v) is 5.17. The van der Waals surface area contributed by atoms with Crippen molar-refractivity contribution >= 4 is 16.0 Å². The zero-order chi connectivity index (χ0) is 16.0. The number of methoxy groups -OCH3 is 1. The smallest absolute Gasteiger partial charge is 0.318 e. The van der Waals surface area contributed by atoms with Crippen molar-refractivity contribution in [3.8, 4) is 0 Å². The van der Waals surface area contributed by atoms with Crippen LogP contribution >= 0.6 is 0 Å². The number of anilines is 1. The number of nitrogens with zero attached hydrogens (tertiary/aromatic N) is 4. The largest absolute Gasteiger partial charge is 0.408 e. The molecule has 0 aromatic carbocycles. The fourth-order valence-corrected chi connectivity index (χ4v) is 3.42. The second-order valence-corrected chi connectivity index (χ2v) is 7.00. The topological polar surface area (TPSA) is 98.0 Å². The molecule has 2 rings (SSSR count). The minimum absolute atomic E-state index is 0.0175.